The van der Waals surface area contributed by atoms with E-state index in [1.807, 2.05) is 20.8 Å². The summed E-state index contributed by atoms with van der Waals surface area (Å²) in [6.45, 7) is 9.50. The van der Waals surface area contributed by atoms with Gasteiger partial charge in [0, 0.05) is 17.4 Å². The first-order valence-electron chi connectivity index (χ1n) is 13.1. The van der Waals surface area contributed by atoms with Gasteiger partial charge in [-0.1, -0.05) is 25.5 Å². The monoisotopic (exact) mass is 488 g/mol. The Kier molecular flexibility index (Phi) is 5.55. The molecule has 3 saturated carbocycles. The number of aliphatic hydroxyl groups excluding tert-OH is 2. The maximum atomic E-state index is 13.2. The van der Waals surface area contributed by atoms with Crippen LogP contribution in [0.5, 0.6) is 0 Å². The molecule has 7 heteroatoms. The molecule has 4 aliphatic carbocycles. The molecule has 4 N–H and O–H groups in total. The summed E-state index contributed by atoms with van der Waals surface area (Å²) in [5, 5.41) is 46.5. The van der Waals surface area contributed by atoms with Gasteiger partial charge in [-0.2, -0.15) is 0 Å². The summed E-state index contributed by atoms with van der Waals surface area (Å²) in [6.07, 6.45) is 3.05. The molecule has 194 valence electrons. The molecule has 0 radical (unpaired) electrons. The quantitative estimate of drug-likeness (QED) is 0.440. The third-order valence-electron chi connectivity index (χ3n) is 11.6. The van der Waals surface area contributed by atoms with Crippen molar-refractivity contribution in [2.24, 2.45) is 34.5 Å². The Bertz CT molecular complexity index is 1020. The molecular weight excluding hydrogens is 448 g/mol. The molecule has 35 heavy (non-hydrogen) atoms. The van der Waals surface area contributed by atoms with Crippen molar-refractivity contribution < 1.29 is 34.8 Å². The summed E-state index contributed by atoms with van der Waals surface area (Å²) < 4.78 is 5.79. The minimum Gasteiger partial charge on any atom is -0.458 e. The largest absolute Gasteiger partial charge is 0.458 e. The Morgan fingerprint density at radius 2 is 1.74 bits per heavy atom. The van der Waals surface area contributed by atoms with Gasteiger partial charge in [0.1, 0.15) is 11.7 Å². The van der Waals surface area contributed by atoms with Gasteiger partial charge in [0.2, 0.25) is 0 Å². The van der Waals surface area contributed by atoms with Crippen molar-refractivity contribution in [3.8, 4) is 0 Å². The number of hydrogen-bond donors (Lipinski definition) is 4. The van der Waals surface area contributed by atoms with Crippen molar-refractivity contribution >= 4 is 11.8 Å². The van der Waals surface area contributed by atoms with Crippen LogP contribution in [0.1, 0.15) is 73.1 Å². The highest BCUT2D eigenvalue weighted by Crippen LogP contribution is 2.70. The fourth-order valence-electron chi connectivity index (χ4n) is 9.02. The predicted molar refractivity (Wildman–Crippen MR) is 128 cm³/mol. The number of esters is 1. The van der Waals surface area contributed by atoms with E-state index >= 15 is 0 Å². The van der Waals surface area contributed by atoms with Crippen LogP contribution in [0.4, 0.5) is 0 Å². The maximum Gasteiger partial charge on any atom is 0.333 e. The van der Waals surface area contributed by atoms with Crippen LogP contribution in [0.25, 0.3) is 0 Å². The van der Waals surface area contributed by atoms with Crippen LogP contribution in [0, 0.1) is 34.5 Å². The van der Waals surface area contributed by atoms with Gasteiger partial charge in [-0.15, -0.1) is 0 Å². The molecule has 7 nitrogen and oxygen atoms in total. The lowest BCUT2D eigenvalue weighted by atomic mass is 9.41. The average molecular weight is 489 g/mol. The Labute approximate surface area is 207 Å². The molecule has 5 rings (SSSR count). The fraction of sp³-hybridized carbons (Fsp3) is 0.786. The maximum absolute atomic E-state index is 13.2. The molecule has 0 spiro atoms. The number of ketones is 1. The van der Waals surface area contributed by atoms with E-state index in [2.05, 4.69) is 0 Å². The standard InChI is InChI=1S/C28H40O7/c1-14-11-20(35-24(32)15(14)2)16(3)18-12-23(31)28(34)19-13-22(30)27(33)9-6-7-21(29)26(27,5)17(19)8-10-25(18,28)4/h6-7,16-20,22-23,30-31,33-34H,8-13H2,1-5H3/t16-,17-,18+,19+,20+,22+,23-,25+,26-,27-,28+/m0/s1. The third-order valence-corrected chi connectivity index (χ3v) is 11.6. The molecule has 0 aromatic rings. The molecule has 1 heterocycles. The molecule has 0 aromatic heterocycles. The summed E-state index contributed by atoms with van der Waals surface area (Å²) in [6, 6.07) is 0. The topological polar surface area (TPSA) is 124 Å². The number of ether oxygens (including phenoxy) is 1. The number of aliphatic hydroxyl groups is 4. The molecule has 11 atom stereocenters. The first kappa shape index (κ1) is 25.1. The zero-order valence-corrected chi connectivity index (χ0v) is 21.5. The number of fused-ring (bicyclic) bond motifs is 5. The van der Waals surface area contributed by atoms with Crippen LogP contribution in [0.3, 0.4) is 0 Å². The molecule has 0 amide bonds. The summed E-state index contributed by atoms with van der Waals surface area (Å²) in [5.74, 6) is -1.64. The van der Waals surface area contributed by atoms with E-state index in [1.165, 1.54) is 6.08 Å². The van der Waals surface area contributed by atoms with E-state index in [1.54, 1.807) is 19.9 Å². The first-order chi connectivity index (χ1) is 16.2. The Morgan fingerprint density at radius 3 is 2.40 bits per heavy atom. The number of allylic oxidation sites excluding steroid dienone is 1. The molecular formula is C28H40O7. The van der Waals surface area contributed by atoms with Crippen LogP contribution < -0.4 is 0 Å². The third kappa shape index (κ3) is 2.93. The Hall–Kier alpha value is -1.54. The van der Waals surface area contributed by atoms with Gasteiger partial charge in [-0.05, 0) is 82.6 Å². The number of rotatable bonds is 2. The SMILES string of the molecule is CC1=C(C)C(=O)O[C@@H]([C@@H](C)[C@H]2C[C@H](O)[C@]3(O)[C@@H]4C[C@@H](O)[C@@]5(O)CC=CC(=O)[C@]5(C)[C@H]4CC[C@]23C)C1. The Balaban J connectivity index is 1.52. The van der Waals surface area contributed by atoms with Crippen molar-refractivity contribution in [1.29, 1.82) is 0 Å². The van der Waals surface area contributed by atoms with Gasteiger partial charge in [0.05, 0.1) is 23.2 Å². The molecule has 0 unspecified atom stereocenters. The van der Waals surface area contributed by atoms with Crippen molar-refractivity contribution in [2.45, 2.75) is 103 Å². The van der Waals surface area contributed by atoms with Crippen LogP contribution in [0.2, 0.25) is 0 Å². The van der Waals surface area contributed by atoms with Crippen molar-refractivity contribution in [3.63, 3.8) is 0 Å². The van der Waals surface area contributed by atoms with Gasteiger partial charge in [0.15, 0.2) is 5.78 Å². The summed E-state index contributed by atoms with van der Waals surface area (Å²) in [5.41, 5.74) is -3.39. The molecule has 0 bridgehead atoms. The van der Waals surface area contributed by atoms with Crippen LogP contribution in [-0.2, 0) is 14.3 Å². The summed E-state index contributed by atoms with van der Waals surface area (Å²) in [4.78, 5) is 25.6. The van der Waals surface area contributed by atoms with Gasteiger partial charge in [-0.3, -0.25) is 4.79 Å². The molecule has 0 saturated heterocycles. The predicted octanol–water partition coefficient (Wildman–Crippen LogP) is 2.45. The molecule has 0 aromatic carbocycles. The highest BCUT2D eigenvalue weighted by molar-refractivity contribution is 5.97. The van der Waals surface area contributed by atoms with Gasteiger partial charge < -0.3 is 25.2 Å². The van der Waals surface area contributed by atoms with E-state index < -0.39 is 40.2 Å². The minimum atomic E-state index is -1.58. The van der Waals surface area contributed by atoms with Crippen LogP contribution in [-0.4, -0.2) is 61.7 Å². The van der Waals surface area contributed by atoms with E-state index in [0.717, 1.165) is 5.57 Å². The van der Waals surface area contributed by atoms with E-state index in [-0.39, 0.29) is 48.5 Å². The molecule has 3 fully saturated rings. The number of carbonyl (C=O) groups is 2. The van der Waals surface area contributed by atoms with Crippen molar-refractivity contribution in [1.82, 2.24) is 0 Å². The second-order valence-corrected chi connectivity index (χ2v) is 12.6. The second kappa shape index (κ2) is 7.73. The first-order valence-corrected chi connectivity index (χ1v) is 13.1. The van der Waals surface area contributed by atoms with Crippen molar-refractivity contribution in [3.05, 3.63) is 23.3 Å². The van der Waals surface area contributed by atoms with E-state index in [0.29, 0.717) is 31.3 Å². The lowest BCUT2D eigenvalue weighted by Gasteiger charge is -2.65. The number of hydrogen-bond acceptors (Lipinski definition) is 7. The lowest BCUT2D eigenvalue weighted by molar-refractivity contribution is -0.277. The van der Waals surface area contributed by atoms with E-state index in [4.69, 9.17) is 4.74 Å². The highest BCUT2D eigenvalue weighted by Gasteiger charge is 2.75. The normalized spacial score (nSPS) is 52.5. The second-order valence-electron chi connectivity index (χ2n) is 12.6. The van der Waals surface area contributed by atoms with Gasteiger partial charge in [0.25, 0.3) is 0 Å². The van der Waals surface area contributed by atoms with Crippen molar-refractivity contribution in [2.75, 3.05) is 0 Å². The zero-order chi connectivity index (χ0) is 25.7. The summed E-state index contributed by atoms with van der Waals surface area (Å²) in [7, 11) is 0. The van der Waals surface area contributed by atoms with E-state index in [9.17, 15) is 30.0 Å². The van der Waals surface area contributed by atoms with Gasteiger partial charge >= 0.3 is 5.97 Å². The Morgan fingerprint density at radius 1 is 1.06 bits per heavy atom. The fourth-order valence-corrected chi connectivity index (χ4v) is 9.02. The van der Waals surface area contributed by atoms with Gasteiger partial charge in [-0.25, -0.2) is 4.79 Å². The minimum absolute atomic E-state index is 0.0903. The van der Waals surface area contributed by atoms with Crippen LogP contribution in [0.15, 0.2) is 23.3 Å². The average Bonchev–Trinajstić information content (AvgIpc) is 3.01. The zero-order valence-electron chi connectivity index (χ0n) is 21.5. The summed E-state index contributed by atoms with van der Waals surface area (Å²) >= 11 is 0. The smallest absolute Gasteiger partial charge is 0.333 e. The van der Waals surface area contributed by atoms with Crippen LogP contribution >= 0.6 is 0 Å². The molecule has 1 aliphatic heterocycles. The number of cyclic esters (lactones) is 1. The molecule has 5 aliphatic rings. The highest BCUT2D eigenvalue weighted by atomic mass is 16.5. The number of carbonyl (C=O) groups excluding carboxylic acids is 2. The lowest BCUT2D eigenvalue weighted by Crippen LogP contribution is -2.73.